The molecule has 0 rings (SSSR count). The second kappa shape index (κ2) is 81.0. The van der Waals surface area contributed by atoms with E-state index in [0.717, 1.165) is 89.9 Å². The molecule has 0 aromatic heterocycles. The standard InChI is InChI=1S/C89H158O17P2/c1-5-9-13-17-21-25-29-33-37-41-45-49-53-57-61-65-69-73-86(91)99-79-84(105-88(93)75-71-67-63-59-55-51-47-43-39-35-31-27-23-19-15-11-7-3)81-103-107(95,96)101-77-83(90)78-102-108(97,98)104-82-85(106-89(94)76-72-68-64-60-56-52-48-44-40-36-32-28-24-20-16-12-8-4)80-100-87(92)74-70-66-62-58-54-50-46-42-38-34-30-26-22-18-14-10-6-2/h23-24,27-28,35-36,39-40,47-48,51-52,59-60,63-64,83-85,90H,5-22,25-26,29-34,37-38,41-46,49-50,53-58,61-62,65-82H2,1-4H3,(H,95,96)(H,97,98)/b27-23-,28-24-,39-35-,40-36-,51-47-,52-48-,63-59-,64-60-/t84-,85-/m1/s1. The number of allylic oxidation sites excluding steroid dienone is 16. The van der Waals surface area contributed by atoms with Gasteiger partial charge in [0.1, 0.15) is 19.3 Å². The van der Waals surface area contributed by atoms with Crippen molar-refractivity contribution in [1.29, 1.82) is 0 Å². The summed E-state index contributed by atoms with van der Waals surface area (Å²) < 4.78 is 68.7. The lowest BCUT2D eigenvalue weighted by molar-refractivity contribution is -0.161. The maximum absolute atomic E-state index is 13.1. The number of phosphoric acid groups is 2. The third-order valence-corrected chi connectivity index (χ3v) is 20.5. The molecule has 0 saturated carbocycles. The highest BCUT2D eigenvalue weighted by Gasteiger charge is 2.30. The van der Waals surface area contributed by atoms with E-state index in [0.29, 0.717) is 38.5 Å². The zero-order valence-corrected chi connectivity index (χ0v) is 70.6. The highest BCUT2D eigenvalue weighted by atomic mass is 31.2. The summed E-state index contributed by atoms with van der Waals surface area (Å²) >= 11 is 0. The van der Waals surface area contributed by atoms with E-state index >= 15 is 0 Å². The fourth-order valence-corrected chi connectivity index (χ4v) is 13.5. The molecule has 4 atom stereocenters. The van der Waals surface area contributed by atoms with Crippen molar-refractivity contribution < 1.29 is 80.2 Å². The van der Waals surface area contributed by atoms with Gasteiger partial charge in [-0.25, -0.2) is 9.13 Å². The number of carbonyl (C=O) groups excluding carboxylic acids is 4. The number of hydrogen-bond donors (Lipinski definition) is 3. The molecule has 0 radical (unpaired) electrons. The minimum absolute atomic E-state index is 0.0202. The third kappa shape index (κ3) is 80.0. The van der Waals surface area contributed by atoms with Crippen molar-refractivity contribution in [3.63, 3.8) is 0 Å². The first kappa shape index (κ1) is 104. The van der Waals surface area contributed by atoms with Gasteiger partial charge in [-0.15, -0.1) is 0 Å². The van der Waals surface area contributed by atoms with Crippen LogP contribution >= 0.6 is 15.6 Å². The van der Waals surface area contributed by atoms with E-state index in [-0.39, 0.29) is 25.7 Å². The van der Waals surface area contributed by atoms with Gasteiger partial charge in [0.2, 0.25) is 0 Å². The lowest BCUT2D eigenvalue weighted by Gasteiger charge is -2.21. The van der Waals surface area contributed by atoms with Gasteiger partial charge in [0.05, 0.1) is 26.4 Å². The molecule has 0 aromatic rings. The largest absolute Gasteiger partial charge is 0.472 e. The van der Waals surface area contributed by atoms with E-state index < -0.39 is 97.5 Å². The van der Waals surface area contributed by atoms with Crippen LogP contribution in [0.4, 0.5) is 0 Å². The molecule has 626 valence electrons. The number of esters is 4. The van der Waals surface area contributed by atoms with Crippen molar-refractivity contribution in [2.45, 2.75) is 406 Å². The number of rotatable bonds is 82. The highest BCUT2D eigenvalue weighted by Crippen LogP contribution is 2.45. The van der Waals surface area contributed by atoms with E-state index in [2.05, 4.69) is 101 Å². The topological polar surface area (TPSA) is 237 Å². The van der Waals surface area contributed by atoms with Crippen molar-refractivity contribution in [2.75, 3.05) is 39.6 Å². The maximum Gasteiger partial charge on any atom is 0.472 e. The summed E-state index contributed by atoms with van der Waals surface area (Å²) in [5.41, 5.74) is 0. The Hall–Kier alpha value is -4.02. The lowest BCUT2D eigenvalue weighted by Crippen LogP contribution is -2.30. The second-order valence-electron chi connectivity index (χ2n) is 29.1. The van der Waals surface area contributed by atoms with Crippen molar-refractivity contribution in [3.8, 4) is 0 Å². The number of phosphoric ester groups is 2. The molecule has 2 unspecified atom stereocenters. The molecule has 0 aliphatic heterocycles. The van der Waals surface area contributed by atoms with Gasteiger partial charge < -0.3 is 33.8 Å². The zero-order chi connectivity index (χ0) is 78.9. The summed E-state index contributed by atoms with van der Waals surface area (Å²) in [6.45, 7) is 4.78. The van der Waals surface area contributed by atoms with Gasteiger partial charge in [-0.3, -0.25) is 37.3 Å². The van der Waals surface area contributed by atoms with Crippen LogP contribution in [-0.4, -0.2) is 96.7 Å². The number of unbranched alkanes of at least 4 members (excludes halogenated alkanes) is 40. The molecule has 0 heterocycles. The smallest absolute Gasteiger partial charge is 0.462 e. The van der Waals surface area contributed by atoms with Crippen molar-refractivity contribution in [2.24, 2.45) is 0 Å². The molecule has 0 fully saturated rings. The summed E-state index contributed by atoms with van der Waals surface area (Å²) in [6, 6.07) is 0. The summed E-state index contributed by atoms with van der Waals surface area (Å²) in [4.78, 5) is 73.2. The molecular weight excluding hydrogens is 1400 g/mol. The van der Waals surface area contributed by atoms with Gasteiger partial charge in [0, 0.05) is 25.7 Å². The summed E-state index contributed by atoms with van der Waals surface area (Å²) in [7, 11) is -9.99. The zero-order valence-electron chi connectivity index (χ0n) is 68.8. The average molecular weight is 1560 g/mol. The average Bonchev–Trinajstić information content (AvgIpc) is 0.891. The Morgan fingerprint density at radius 1 is 0.259 bits per heavy atom. The number of carbonyl (C=O) groups is 4. The first-order valence-electron chi connectivity index (χ1n) is 43.5. The molecule has 0 spiro atoms. The number of hydrogen-bond acceptors (Lipinski definition) is 15. The van der Waals surface area contributed by atoms with E-state index in [9.17, 15) is 43.2 Å². The van der Waals surface area contributed by atoms with Crippen molar-refractivity contribution in [1.82, 2.24) is 0 Å². The molecular formula is C89H158O17P2. The number of aliphatic hydroxyl groups is 1. The minimum Gasteiger partial charge on any atom is -0.462 e. The van der Waals surface area contributed by atoms with Gasteiger partial charge in [-0.2, -0.15) is 0 Å². The predicted molar refractivity (Wildman–Crippen MR) is 446 cm³/mol. The molecule has 0 saturated heterocycles. The van der Waals surface area contributed by atoms with Gasteiger partial charge in [0.15, 0.2) is 12.2 Å². The Morgan fingerprint density at radius 2 is 0.463 bits per heavy atom. The highest BCUT2D eigenvalue weighted by molar-refractivity contribution is 7.47. The van der Waals surface area contributed by atoms with Crippen LogP contribution in [0.3, 0.4) is 0 Å². The van der Waals surface area contributed by atoms with Crippen LogP contribution in [-0.2, 0) is 65.4 Å². The van der Waals surface area contributed by atoms with Gasteiger partial charge in [-0.05, 0) is 103 Å². The molecule has 0 aliphatic rings. The van der Waals surface area contributed by atoms with Crippen LogP contribution < -0.4 is 0 Å². The van der Waals surface area contributed by atoms with Crippen molar-refractivity contribution >= 4 is 39.5 Å². The molecule has 0 bridgehead atoms. The quantitative estimate of drug-likeness (QED) is 0.0169. The van der Waals surface area contributed by atoms with Crippen LogP contribution in [0.1, 0.15) is 387 Å². The molecule has 17 nitrogen and oxygen atoms in total. The van der Waals surface area contributed by atoms with E-state index in [1.807, 2.05) is 24.3 Å². The molecule has 108 heavy (non-hydrogen) atoms. The fraction of sp³-hybridized carbons (Fsp3) is 0.775. The molecule has 0 aromatic carbocycles. The Kier molecular flexibility index (Phi) is 78.0. The monoisotopic (exact) mass is 1560 g/mol. The van der Waals surface area contributed by atoms with E-state index in [4.69, 9.17) is 37.0 Å². The Labute approximate surface area is 658 Å². The van der Waals surface area contributed by atoms with E-state index in [1.165, 1.54) is 205 Å². The predicted octanol–water partition coefficient (Wildman–Crippen LogP) is 25.9. The van der Waals surface area contributed by atoms with Crippen LogP contribution in [0, 0.1) is 0 Å². The Balaban J connectivity index is 5.43. The third-order valence-electron chi connectivity index (χ3n) is 18.6. The molecule has 19 heteroatoms. The SMILES string of the molecule is CCCCC/C=C\C/C=C\C/C=C\C/C=C\CCCC(=O)O[C@H](COC(=O)CCCCCCCCCCCCCCCCCCC)COP(=O)(O)OCC(O)COP(=O)(O)OC[C@@H](COC(=O)CCCCCCCCCCCCCCCCCCC)OC(=O)CCC/C=C\C/C=C\C/C=C\C/C=C\CCCCC. The van der Waals surface area contributed by atoms with Gasteiger partial charge >= 0.3 is 39.5 Å². The van der Waals surface area contributed by atoms with Crippen LogP contribution in [0.15, 0.2) is 97.2 Å². The summed E-state index contributed by atoms with van der Waals surface area (Å²) in [5, 5.41) is 10.7. The summed E-state index contributed by atoms with van der Waals surface area (Å²) in [6.07, 6.45) is 88.1. The van der Waals surface area contributed by atoms with Gasteiger partial charge in [-0.1, -0.05) is 356 Å². The van der Waals surface area contributed by atoms with Crippen LogP contribution in [0.25, 0.3) is 0 Å². The number of ether oxygens (including phenoxy) is 4. The molecule has 0 aliphatic carbocycles. The van der Waals surface area contributed by atoms with Crippen LogP contribution in [0.5, 0.6) is 0 Å². The molecule has 3 N–H and O–H groups in total. The van der Waals surface area contributed by atoms with Crippen molar-refractivity contribution in [3.05, 3.63) is 97.2 Å². The van der Waals surface area contributed by atoms with E-state index in [1.54, 1.807) is 0 Å². The normalized spacial score (nSPS) is 14.2. The fourth-order valence-electron chi connectivity index (χ4n) is 11.9. The lowest BCUT2D eigenvalue weighted by atomic mass is 10.0. The Morgan fingerprint density at radius 3 is 0.722 bits per heavy atom. The number of aliphatic hydroxyl groups excluding tert-OH is 1. The summed E-state index contributed by atoms with van der Waals surface area (Å²) in [5.74, 6) is -2.28. The second-order valence-corrected chi connectivity index (χ2v) is 32.0. The van der Waals surface area contributed by atoms with Gasteiger partial charge in [0.25, 0.3) is 0 Å². The first-order chi connectivity index (χ1) is 52.7. The minimum atomic E-state index is -5.00. The van der Waals surface area contributed by atoms with Crippen LogP contribution in [0.2, 0.25) is 0 Å². The maximum atomic E-state index is 13.1. The first-order valence-corrected chi connectivity index (χ1v) is 46.5. The Bertz CT molecular complexity index is 2260. The molecule has 0 amide bonds.